The number of ketones is 1. The summed E-state index contributed by atoms with van der Waals surface area (Å²) in [6.45, 7) is 11.1. The maximum absolute atomic E-state index is 11.7. The number of rotatable bonds is 9. The summed E-state index contributed by atoms with van der Waals surface area (Å²) in [6, 6.07) is 21.5. The van der Waals surface area contributed by atoms with E-state index >= 15 is 0 Å². The van der Waals surface area contributed by atoms with Crippen molar-refractivity contribution >= 4 is 24.5 Å². The fourth-order valence-electron chi connectivity index (χ4n) is 4.76. The first-order valence-electron chi connectivity index (χ1n) is 11.4. The Morgan fingerprint density at radius 2 is 1.58 bits per heavy atom. The van der Waals surface area contributed by atoms with Crippen LogP contribution in [-0.4, -0.2) is 32.9 Å². The molecule has 2 aromatic carbocycles. The van der Waals surface area contributed by atoms with Gasteiger partial charge in [-0.15, -0.1) is 0 Å². The van der Waals surface area contributed by atoms with Crippen molar-refractivity contribution in [2.75, 3.05) is 6.61 Å². The van der Waals surface area contributed by atoms with Crippen LogP contribution < -0.4 is 10.4 Å². The highest BCUT2D eigenvalue weighted by Gasteiger charge is 2.50. The van der Waals surface area contributed by atoms with Crippen molar-refractivity contribution in [2.45, 2.75) is 70.1 Å². The molecule has 31 heavy (non-hydrogen) atoms. The normalized spacial score (nSPS) is 19.7. The summed E-state index contributed by atoms with van der Waals surface area (Å²) in [5, 5.41) is 2.57. The minimum absolute atomic E-state index is 0.0112. The van der Waals surface area contributed by atoms with Crippen LogP contribution in [-0.2, 0) is 14.0 Å². The highest BCUT2D eigenvalue weighted by molar-refractivity contribution is 6.99. The number of carbonyl (C=O) groups is 1. The predicted octanol–water partition coefficient (Wildman–Crippen LogP) is 5.04. The molecule has 4 heteroatoms. The molecule has 1 heterocycles. The van der Waals surface area contributed by atoms with Crippen LogP contribution in [0.1, 0.15) is 52.9 Å². The monoisotopic (exact) mass is 436 g/mol. The fraction of sp³-hybridized carbons (Fsp3) is 0.444. The third-order valence-electron chi connectivity index (χ3n) is 6.27. The minimum atomic E-state index is -2.51. The zero-order valence-electron chi connectivity index (χ0n) is 19.2. The molecule has 0 spiro atoms. The van der Waals surface area contributed by atoms with Crippen molar-refractivity contribution in [1.29, 1.82) is 0 Å². The lowest BCUT2D eigenvalue weighted by molar-refractivity contribution is -0.121. The molecular formula is C27H36O3Si. The molecule has 1 fully saturated rings. The molecule has 0 unspecified atom stereocenters. The molecule has 0 aromatic heterocycles. The van der Waals surface area contributed by atoms with Crippen LogP contribution in [0.25, 0.3) is 0 Å². The first-order valence-corrected chi connectivity index (χ1v) is 13.3. The number of allylic oxidation sites excluding steroid dienone is 1. The Morgan fingerprint density at radius 1 is 1.03 bits per heavy atom. The van der Waals surface area contributed by atoms with Gasteiger partial charge in [0.2, 0.25) is 0 Å². The molecule has 0 N–H and O–H groups in total. The number of hydrogen-bond donors (Lipinski definition) is 0. The van der Waals surface area contributed by atoms with Crippen LogP contribution in [0.15, 0.2) is 73.3 Å². The summed E-state index contributed by atoms with van der Waals surface area (Å²) in [7, 11) is -2.51. The molecule has 1 saturated heterocycles. The van der Waals surface area contributed by atoms with Gasteiger partial charge in [-0.25, -0.2) is 0 Å². The second-order valence-electron chi connectivity index (χ2n) is 9.49. The second-order valence-corrected chi connectivity index (χ2v) is 13.8. The van der Waals surface area contributed by atoms with Crippen molar-refractivity contribution in [1.82, 2.24) is 0 Å². The van der Waals surface area contributed by atoms with E-state index < -0.39 is 8.32 Å². The van der Waals surface area contributed by atoms with Crippen molar-refractivity contribution in [3.63, 3.8) is 0 Å². The highest BCUT2D eigenvalue weighted by Crippen LogP contribution is 2.37. The lowest BCUT2D eigenvalue weighted by atomic mass is 9.99. The quantitative estimate of drug-likeness (QED) is 0.408. The van der Waals surface area contributed by atoms with Crippen LogP contribution in [0.2, 0.25) is 5.04 Å². The van der Waals surface area contributed by atoms with Crippen molar-refractivity contribution in [3.8, 4) is 0 Å². The average Bonchev–Trinajstić information content (AvgIpc) is 2.77. The van der Waals surface area contributed by atoms with Crippen LogP contribution in [0, 0.1) is 0 Å². The van der Waals surface area contributed by atoms with Crippen molar-refractivity contribution < 1.29 is 14.0 Å². The largest absolute Gasteiger partial charge is 0.407 e. The van der Waals surface area contributed by atoms with Gasteiger partial charge in [-0.3, -0.25) is 4.79 Å². The average molecular weight is 437 g/mol. The Bertz CT molecular complexity index is 802. The Balaban J connectivity index is 1.79. The molecule has 166 valence electrons. The van der Waals surface area contributed by atoms with Gasteiger partial charge in [0.05, 0.1) is 12.2 Å². The van der Waals surface area contributed by atoms with E-state index in [1.807, 2.05) is 0 Å². The summed E-state index contributed by atoms with van der Waals surface area (Å²) in [4.78, 5) is 11.7. The number of hydrogen-bond acceptors (Lipinski definition) is 3. The predicted molar refractivity (Wildman–Crippen MR) is 131 cm³/mol. The van der Waals surface area contributed by atoms with E-state index in [1.54, 1.807) is 0 Å². The van der Waals surface area contributed by atoms with Gasteiger partial charge in [0, 0.05) is 13.0 Å². The SMILES string of the molecule is C=CC(=O)C[C@H]1CCC[C@@H](CCO[Si](c2ccccc2)(c2ccccc2)C(C)(C)C)O1. The Kier molecular flexibility index (Phi) is 8.04. The van der Waals surface area contributed by atoms with Crippen molar-refractivity contribution in [2.24, 2.45) is 0 Å². The Morgan fingerprint density at radius 3 is 2.10 bits per heavy atom. The standard InChI is InChI=1S/C27H36O3Si/c1-5-22(28)21-24-14-12-13-23(30-24)19-20-29-31(27(2,3)4,25-15-8-6-9-16-25)26-17-10-7-11-18-26/h5-11,15-18,23-24H,1,12-14,19-21H2,2-4H3/t23-,24+/m0/s1. The first-order chi connectivity index (χ1) is 14.9. The first kappa shape index (κ1) is 23.6. The fourth-order valence-corrected chi connectivity index (χ4v) is 9.34. The summed E-state index contributed by atoms with van der Waals surface area (Å²) in [5.74, 6) is 0.0641. The number of ether oxygens (including phenoxy) is 1. The number of benzene rings is 2. The molecule has 1 aliphatic rings. The van der Waals surface area contributed by atoms with E-state index in [9.17, 15) is 4.79 Å². The van der Waals surface area contributed by atoms with E-state index in [2.05, 4.69) is 88.0 Å². The topological polar surface area (TPSA) is 35.5 Å². The summed E-state index contributed by atoms with van der Waals surface area (Å²) < 4.78 is 13.2. The lowest BCUT2D eigenvalue weighted by Crippen LogP contribution is -2.66. The van der Waals surface area contributed by atoms with E-state index in [0.717, 1.165) is 25.7 Å². The minimum Gasteiger partial charge on any atom is -0.407 e. The van der Waals surface area contributed by atoms with Crippen LogP contribution in [0.3, 0.4) is 0 Å². The summed E-state index contributed by atoms with van der Waals surface area (Å²) in [6.07, 6.45) is 5.93. The molecule has 0 saturated carbocycles. The molecule has 2 aromatic rings. The molecule has 0 radical (unpaired) electrons. The van der Waals surface area contributed by atoms with Gasteiger partial charge in [-0.05, 0) is 47.2 Å². The molecule has 2 atom stereocenters. The van der Waals surface area contributed by atoms with Gasteiger partial charge in [0.25, 0.3) is 8.32 Å². The van der Waals surface area contributed by atoms with Gasteiger partial charge in [-0.2, -0.15) is 0 Å². The molecule has 1 aliphatic heterocycles. The molecule has 0 bridgehead atoms. The number of carbonyl (C=O) groups excluding carboxylic acids is 1. The zero-order valence-corrected chi connectivity index (χ0v) is 20.2. The van der Waals surface area contributed by atoms with Crippen molar-refractivity contribution in [3.05, 3.63) is 73.3 Å². The van der Waals surface area contributed by atoms with Gasteiger partial charge in [0.15, 0.2) is 5.78 Å². The third kappa shape index (κ3) is 5.62. The van der Waals surface area contributed by atoms with E-state index in [0.29, 0.717) is 13.0 Å². The van der Waals surface area contributed by atoms with Gasteiger partial charge in [-0.1, -0.05) is 88.0 Å². The Labute approximate surface area is 188 Å². The van der Waals surface area contributed by atoms with Crippen LogP contribution in [0.5, 0.6) is 0 Å². The Hall–Kier alpha value is -2.01. The molecule has 0 amide bonds. The summed E-state index contributed by atoms with van der Waals surface area (Å²) >= 11 is 0. The van der Waals surface area contributed by atoms with Crippen LogP contribution >= 0.6 is 0 Å². The van der Waals surface area contributed by atoms with E-state index in [4.69, 9.17) is 9.16 Å². The molecule has 3 nitrogen and oxygen atoms in total. The van der Waals surface area contributed by atoms with E-state index in [1.165, 1.54) is 16.4 Å². The van der Waals surface area contributed by atoms with Gasteiger partial charge in [0.1, 0.15) is 0 Å². The van der Waals surface area contributed by atoms with Gasteiger partial charge < -0.3 is 9.16 Å². The maximum Gasteiger partial charge on any atom is 0.261 e. The third-order valence-corrected chi connectivity index (χ3v) is 11.3. The maximum atomic E-state index is 11.7. The zero-order chi connectivity index (χ0) is 22.3. The molecule has 3 rings (SSSR count). The van der Waals surface area contributed by atoms with Gasteiger partial charge >= 0.3 is 0 Å². The summed E-state index contributed by atoms with van der Waals surface area (Å²) in [5.41, 5.74) is 0. The van der Waals surface area contributed by atoms with Crippen LogP contribution in [0.4, 0.5) is 0 Å². The highest BCUT2D eigenvalue weighted by atomic mass is 28.4. The smallest absolute Gasteiger partial charge is 0.261 e. The van der Waals surface area contributed by atoms with E-state index in [-0.39, 0.29) is 23.0 Å². The molecular weight excluding hydrogens is 400 g/mol. The lowest BCUT2D eigenvalue weighted by Gasteiger charge is -2.43. The molecule has 0 aliphatic carbocycles. The second kappa shape index (κ2) is 10.5.